The minimum atomic E-state index is -0.813. The zero-order chi connectivity index (χ0) is 21.7. The number of benzene rings is 3. The summed E-state index contributed by atoms with van der Waals surface area (Å²) < 4.78 is 0. The minimum absolute atomic E-state index is 0.0548. The van der Waals surface area contributed by atoms with Crippen molar-refractivity contribution in [3.63, 3.8) is 0 Å². The van der Waals surface area contributed by atoms with Gasteiger partial charge in [0, 0.05) is 5.56 Å². The van der Waals surface area contributed by atoms with Crippen LogP contribution in [0.1, 0.15) is 29.8 Å². The number of phenols is 1. The number of phenolic OH excluding ortho intramolecular Hbond substituents is 1. The van der Waals surface area contributed by atoms with E-state index in [9.17, 15) is 14.7 Å². The van der Waals surface area contributed by atoms with Crippen LogP contribution in [0.2, 0.25) is 5.02 Å². The fraction of sp³-hybridized carbons (Fsp3) is 0.174. The van der Waals surface area contributed by atoms with Crippen molar-refractivity contribution < 1.29 is 14.7 Å². The summed E-state index contributed by atoms with van der Waals surface area (Å²) in [5.74, 6) is -1.04. The molecule has 2 amide bonds. The molecule has 0 heterocycles. The zero-order valence-electron chi connectivity index (χ0n) is 16.6. The largest absolute Gasteiger partial charge is 0.507 e. The lowest BCUT2D eigenvalue weighted by atomic mass is 10.0. The Morgan fingerprint density at radius 2 is 1.73 bits per heavy atom. The van der Waals surface area contributed by atoms with Crippen LogP contribution in [-0.4, -0.2) is 29.2 Å². The van der Waals surface area contributed by atoms with E-state index in [1.54, 1.807) is 36.4 Å². The molecule has 7 heteroatoms. The summed E-state index contributed by atoms with van der Waals surface area (Å²) in [6, 6.07) is 16.7. The molecule has 0 aliphatic carbocycles. The average molecular weight is 424 g/mol. The van der Waals surface area contributed by atoms with Gasteiger partial charge in [0.25, 0.3) is 11.8 Å². The third kappa shape index (κ3) is 4.78. The number of carbonyl (C=O) groups is 2. The molecule has 0 bridgehead atoms. The molecule has 0 aromatic heterocycles. The molecule has 0 aliphatic rings. The first-order valence-electron chi connectivity index (χ1n) is 9.47. The Balaban J connectivity index is 1.74. The standard InChI is InChI=1S/C23H22ClN3O3/c1-14(2)21(26-22(29)17-9-5-6-10-19(17)24)23(30)27-25-13-18-16-8-4-3-7-15(16)11-12-20(18)28/h3-14,21,28H,1-2H3,(H,26,29)(H,27,30). The SMILES string of the molecule is CC(C)C(NC(=O)c1ccccc1Cl)C(=O)NN=Cc1c(O)ccc2ccccc12. The summed E-state index contributed by atoms with van der Waals surface area (Å²) in [6.07, 6.45) is 1.39. The van der Waals surface area contributed by atoms with Gasteiger partial charge in [-0.25, -0.2) is 5.43 Å². The molecule has 3 N–H and O–H groups in total. The lowest BCUT2D eigenvalue weighted by Gasteiger charge is -2.20. The molecule has 0 saturated heterocycles. The summed E-state index contributed by atoms with van der Waals surface area (Å²) in [6.45, 7) is 3.63. The number of amides is 2. The lowest BCUT2D eigenvalue weighted by molar-refractivity contribution is -0.123. The first-order valence-corrected chi connectivity index (χ1v) is 9.85. The van der Waals surface area contributed by atoms with Gasteiger partial charge < -0.3 is 10.4 Å². The normalized spacial score (nSPS) is 12.3. The van der Waals surface area contributed by atoms with Crippen molar-refractivity contribution >= 4 is 40.4 Å². The number of rotatable bonds is 6. The van der Waals surface area contributed by atoms with Crippen LogP contribution in [-0.2, 0) is 4.79 Å². The van der Waals surface area contributed by atoms with Crippen molar-refractivity contribution in [2.24, 2.45) is 11.0 Å². The zero-order valence-corrected chi connectivity index (χ0v) is 17.4. The number of hydrogen-bond donors (Lipinski definition) is 3. The monoisotopic (exact) mass is 423 g/mol. The van der Waals surface area contributed by atoms with Crippen molar-refractivity contribution in [2.75, 3.05) is 0 Å². The van der Waals surface area contributed by atoms with Gasteiger partial charge in [-0.1, -0.05) is 67.9 Å². The summed E-state index contributed by atoms with van der Waals surface area (Å²) in [4.78, 5) is 25.2. The van der Waals surface area contributed by atoms with Gasteiger partial charge in [-0.15, -0.1) is 0 Å². The predicted molar refractivity (Wildman–Crippen MR) is 119 cm³/mol. The highest BCUT2D eigenvalue weighted by atomic mass is 35.5. The molecule has 0 spiro atoms. The van der Waals surface area contributed by atoms with Crippen LogP contribution in [0.25, 0.3) is 10.8 Å². The first kappa shape index (κ1) is 21.3. The molecule has 0 saturated carbocycles. The molecule has 3 aromatic rings. The summed E-state index contributed by atoms with van der Waals surface area (Å²) in [7, 11) is 0. The van der Waals surface area contributed by atoms with Gasteiger partial charge in [-0.05, 0) is 34.9 Å². The van der Waals surface area contributed by atoms with Gasteiger partial charge in [0.1, 0.15) is 11.8 Å². The van der Waals surface area contributed by atoms with E-state index < -0.39 is 17.9 Å². The molecule has 0 fully saturated rings. The second-order valence-electron chi connectivity index (χ2n) is 7.13. The number of hydrazone groups is 1. The van der Waals surface area contributed by atoms with E-state index in [-0.39, 0.29) is 11.7 Å². The number of nitrogens with one attached hydrogen (secondary N) is 2. The Hall–Kier alpha value is -3.38. The Morgan fingerprint density at radius 3 is 2.47 bits per heavy atom. The van der Waals surface area contributed by atoms with Gasteiger partial charge >= 0.3 is 0 Å². The minimum Gasteiger partial charge on any atom is -0.507 e. The smallest absolute Gasteiger partial charge is 0.262 e. The Labute approximate surface area is 179 Å². The maximum Gasteiger partial charge on any atom is 0.262 e. The molecule has 154 valence electrons. The number of carbonyl (C=O) groups excluding carboxylic acids is 2. The number of halogens is 1. The number of nitrogens with zero attached hydrogens (tertiary/aromatic N) is 1. The number of hydrogen-bond acceptors (Lipinski definition) is 4. The van der Waals surface area contributed by atoms with Crippen LogP contribution in [0.3, 0.4) is 0 Å². The summed E-state index contributed by atoms with van der Waals surface area (Å²) >= 11 is 6.07. The van der Waals surface area contributed by atoms with Crippen LogP contribution in [0.5, 0.6) is 5.75 Å². The molecular weight excluding hydrogens is 402 g/mol. The van der Waals surface area contributed by atoms with Gasteiger partial charge in [-0.3, -0.25) is 9.59 Å². The van der Waals surface area contributed by atoms with Crippen molar-refractivity contribution in [3.8, 4) is 5.75 Å². The first-order chi connectivity index (χ1) is 14.4. The second kappa shape index (κ2) is 9.41. The number of fused-ring (bicyclic) bond motifs is 1. The Bertz CT molecular complexity index is 1110. The highest BCUT2D eigenvalue weighted by Crippen LogP contribution is 2.25. The van der Waals surface area contributed by atoms with Crippen LogP contribution < -0.4 is 10.7 Å². The highest BCUT2D eigenvalue weighted by Gasteiger charge is 2.25. The lowest BCUT2D eigenvalue weighted by Crippen LogP contribution is -2.48. The van der Waals surface area contributed by atoms with E-state index in [0.29, 0.717) is 16.1 Å². The van der Waals surface area contributed by atoms with Gasteiger partial charge in [0.2, 0.25) is 0 Å². The summed E-state index contributed by atoms with van der Waals surface area (Å²) in [5, 5.41) is 18.9. The van der Waals surface area contributed by atoms with Crippen molar-refractivity contribution in [1.29, 1.82) is 0 Å². The third-order valence-electron chi connectivity index (χ3n) is 4.67. The van der Waals surface area contributed by atoms with Crippen LogP contribution in [0.4, 0.5) is 0 Å². The molecule has 30 heavy (non-hydrogen) atoms. The molecule has 1 atom stereocenters. The van der Waals surface area contributed by atoms with Crippen molar-refractivity contribution in [3.05, 3.63) is 76.8 Å². The Morgan fingerprint density at radius 1 is 1.03 bits per heavy atom. The topological polar surface area (TPSA) is 90.8 Å². The molecular formula is C23H22ClN3O3. The fourth-order valence-electron chi connectivity index (χ4n) is 3.05. The van der Waals surface area contributed by atoms with E-state index in [4.69, 9.17) is 11.6 Å². The third-order valence-corrected chi connectivity index (χ3v) is 5.00. The van der Waals surface area contributed by atoms with Crippen molar-refractivity contribution in [1.82, 2.24) is 10.7 Å². The molecule has 3 rings (SSSR count). The predicted octanol–water partition coefficient (Wildman–Crippen LogP) is 4.10. The van der Waals surface area contributed by atoms with Gasteiger partial charge in [-0.2, -0.15) is 5.10 Å². The van der Waals surface area contributed by atoms with Crippen LogP contribution >= 0.6 is 11.6 Å². The summed E-state index contributed by atoms with van der Waals surface area (Å²) in [5.41, 5.74) is 3.24. The van der Waals surface area contributed by atoms with Gasteiger partial charge in [0.05, 0.1) is 16.8 Å². The number of aromatic hydroxyl groups is 1. The fourth-order valence-corrected chi connectivity index (χ4v) is 3.27. The molecule has 3 aromatic carbocycles. The average Bonchev–Trinajstić information content (AvgIpc) is 2.73. The van der Waals surface area contributed by atoms with E-state index in [1.807, 2.05) is 38.1 Å². The van der Waals surface area contributed by atoms with Crippen LogP contribution in [0, 0.1) is 5.92 Å². The van der Waals surface area contributed by atoms with Crippen LogP contribution in [0.15, 0.2) is 65.8 Å². The second-order valence-corrected chi connectivity index (χ2v) is 7.54. The maximum absolute atomic E-state index is 12.6. The van der Waals surface area contributed by atoms with Crippen molar-refractivity contribution in [2.45, 2.75) is 19.9 Å². The Kier molecular flexibility index (Phi) is 6.69. The quantitative estimate of drug-likeness (QED) is 0.411. The molecule has 1 unspecified atom stereocenters. The van der Waals surface area contributed by atoms with E-state index >= 15 is 0 Å². The van der Waals surface area contributed by atoms with E-state index in [1.165, 1.54) is 6.21 Å². The molecule has 6 nitrogen and oxygen atoms in total. The van der Waals surface area contributed by atoms with E-state index in [2.05, 4.69) is 15.8 Å². The molecule has 0 aliphatic heterocycles. The maximum atomic E-state index is 12.6. The molecule has 0 radical (unpaired) electrons. The van der Waals surface area contributed by atoms with E-state index in [0.717, 1.165) is 10.8 Å². The van der Waals surface area contributed by atoms with Gasteiger partial charge in [0.15, 0.2) is 0 Å². The highest BCUT2D eigenvalue weighted by molar-refractivity contribution is 6.33.